The maximum absolute atomic E-state index is 13.1. The quantitative estimate of drug-likeness (QED) is 0.541. The summed E-state index contributed by atoms with van der Waals surface area (Å²) in [5.74, 6) is 0. The summed E-state index contributed by atoms with van der Waals surface area (Å²) in [6, 6.07) is 5.39. The summed E-state index contributed by atoms with van der Waals surface area (Å²) in [7, 11) is -2.53. The average molecular weight is 273 g/mol. The van der Waals surface area contributed by atoms with Crippen molar-refractivity contribution in [3.63, 3.8) is 0 Å². The van der Waals surface area contributed by atoms with Crippen molar-refractivity contribution in [2.75, 3.05) is 0 Å². The van der Waals surface area contributed by atoms with Crippen molar-refractivity contribution in [3.8, 4) is 0 Å². The SMILES string of the molecule is Cc1cccc(C)c1N=C(C(F)(F)F)[Si](C)(C)C. The Morgan fingerprint density at radius 3 is 1.83 bits per heavy atom. The molecular weight excluding hydrogens is 255 g/mol. The van der Waals surface area contributed by atoms with E-state index in [4.69, 9.17) is 0 Å². The Morgan fingerprint density at radius 1 is 1.06 bits per heavy atom. The standard InChI is InChI=1S/C13H18F3NSi/c1-9-7-6-8-10(2)11(9)17-12(13(14,15)16)18(3,4)5/h6-8H,1-5H3. The van der Waals surface area contributed by atoms with Gasteiger partial charge in [-0.2, -0.15) is 13.2 Å². The zero-order valence-electron chi connectivity index (χ0n) is 11.3. The Balaban J connectivity index is 3.44. The molecule has 0 heterocycles. The summed E-state index contributed by atoms with van der Waals surface area (Å²) in [6.07, 6.45) is -4.35. The number of nitrogens with zero attached hydrogens (tertiary/aromatic N) is 1. The molecule has 0 N–H and O–H groups in total. The van der Waals surface area contributed by atoms with E-state index < -0.39 is 19.6 Å². The van der Waals surface area contributed by atoms with Crippen LogP contribution in [-0.2, 0) is 0 Å². The highest BCUT2D eigenvalue weighted by atomic mass is 28.3. The van der Waals surface area contributed by atoms with Gasteiger partial charge >= 0.3 is 6.18 Å². The zero-order chi connectivity index (χ0) is 14.1. The normalized spacial score (nSPS) is 13.9. The first-order valence-corrected chi connectivity index (χ1v) is 9.26. The van der Waals surface area contributed by atoms with Gasteiger partial charge < -0.3 is 0 Å². The van der Waals surface area contributed by atoms with E-state index in [1.165, 1.54) is 0 Å². The van der Waals surface area contributed by atoms with E-state index in [0.29, 0.717) is 5.69 Å². The van der Waals surface area contributed by atoms with Crippen molar-refractivity contribution in [1.82, 2.24) is 0 Å². The molecule has 0 spiro atoms. The summed E-state index contributed by atoms with van der Waals surface area (Å²) in [5, 5.41) is -0.604. The Labute approximate surface area is 107 Å². The monoisotopic (exact) mass is 273 g/mol. The number of hydrogen-bond donors (Lipinski definition) is 0. The summed E-state index contributed by atoms with van der Waals surface area (Å²) >= 11 is 0. The van der Waals surface area contributed by atoms with E-state index in [2.05, 4.69) is 4.99 Å². The van der Waals surface area contributed by atoms with Crippen LogP contribution >= 0.6 is 0 Å². The Morgan fingerprint density at radius 2 is 1.50 bits per heavy atom. The number of aryl methyl sites for hydroxylation is 2. The molecular formula is C13H18F3NSi. The highest BCUT2D eigenvalue weighted by molar-refractivity contribution is 7.05. The summed E-state index contributed by atoms with van der Waals surface area (Å²) < 4.78 is 39.2. The van der Waals surface area contributed by atoms with E-state index in [1.54, 1.807) is 45.6 Å². The van der Waals surface area contributed by atoms with Crippen LogP contribution in [0.25, 0.3) is 0 Å². The fraction of sp³-hybridized carbons (Fsp3) is 0.462. The second-order valence-corrected chi connectivity index (χ2v) is 10.4. The van der Waals surface area contributed by atoms with Crippen LogP contribution in [0.5, 0.6) is 0 Å². The molecule has 1 aromatic rings. The molecule has 0 aliphatic heterocycles. The van der Waals surface area contributed by atoms with Crippen molar-refractivity contribution < 1.29 is 13.2 Å². The predicted molar refractivity (Wildman–Crippen MR) is 72.4 cm³/mol. The minimum Gasteiger partial charge on any atom is -0.253 e. The van der Waals surface area contributed by atoms with Crippen LogP contribution in [0, 0.1) is 13.8 Å². The fourth-order valence-corrected chi connectivity index (χ4v) is 3.05. The molecule has 0 aliphatic carbocycles. The lowest BCUT2D eigenvalue weighted by Crippen LogP contribution is -2.44. The Kier molecular flexibility index (Phi) is 4.05. The lowest BCUT2D eigenvalue weighted by Gasteiger charge is -2.22. The van der Waals surface area contributed by atoms with Crippen molar-refractivity contribution in [1.29, 1.82) is 0 Å². The van der Waals surface area contributed by atoms with Crippen LogP contribution in [0.1, 0.15) is 11.1 Å². The zero-order valence-corrected chi connectivity index (χ0v) is 12.3. The van der Waals surface area contributed by atoms with Crippen LogP contribution in [-0.4, -0.2) is 19.6 Å². The highest BCUT2D eigenvalue weighted by Gasteiger charge is 2.43. The molecule has 0 fully saturated rings. The minimum absolute atomic E-state index is 0.451. The van der Waals surface area contributed by atoms with Crippen LogP contribution in [0.15, 0.2) is 23.2 Å². The molecule has 18 heavy (non-hydrogen) atoms. The molecule has 100 valence electrons. The molecule has 1 nitrogen and oxygen atoms in total. The number of rotatable bonds is 2. The first-order chi connectivity index (χ1) is 8.03. The molecule has 0 aromatic heterocycles. The van der Waals surface area contributed by atoms with Gasteiger partial charge in [-0.05, 0) is 25.0 Å². The van der Waals surface area contributed by atoms with Crippen molar-refractivity contribution >= 4 is 19.1 Å². The lowest BCUT2D eigenvalue weighted by molar-refractivity contribution is -0.0564. The molecule has 0 radical (unpaired) electrons. The first kappa shape index (κ1) is 15.0. The van der Waals surface area contributed by atoms with E-state index >= 15 is 0 Å². The maximum atomic E-state index is 13.1. The average Bonchev–Trinajstić information content (AvgIpc) is 2.12. The van der Waals surface area contributed by atoms with Gasteiger partial charge in [0.2, 0.25) is 0 Å². The highest BCUT2D eigenvalue weighted by Crippen LogP contribution is 2.30. The Hall–Kier alpha value is -1.10. The molecule has 0 bridgehead atoms. The minimum atomic E-state index is -4.35. The smallest absolute Gasteiger partial charge is 0.253 e. The molecule has 0 atom stereocenters. The van der Waals surface area contributed by atoms with Gasteiger partial charge in [-0.15, -0.1) is 0 Å². The molecule has 0 unspecified atom stereocenters. The van der Waals surface area contributed by atoms with Gasteiger partial charge in [0.05, 0.1) is 5.69 Å². The van der Waals surface area contributed by atoms with E-state index in [-0.39, 0.29) is 0 Å². The molecule has 0 amide bonds. The summed E-state index contributed by atoms with van der Waals surface area (Å²) in [6.45, 7) is 8.54. The summed E-state index contributed by atoms with van der Waals surface area (Å²) in [4.78, 5) is 3.95. The number of hydrogen-bond acceptors (Lipinski definition) is 1. The van der Waals surface area contributed by atoms with Gasteiger partial charge in [0.15, 0.2) is 0 Å². The van der Waals surface area contributed by atoms with Crippen molar-refractivity contribution in [2.24, 2.45) is 4.99 Å². The second-order valence-electron chi connectivity index (χ2n) is 5.45. The van der Waals surface area contributed by atoms with Gasteiger partial charge in [0.1, 0.15) is 13.4 Å². The second kappa shape index (κ2) is 4.88. The number of para-hydroxylation sites is 1. The number of halogens is 3. The van der Waals surface area contributed by atoms with Crippen LogP contribution in [0.2, 0.25) is 19.6 Å². The van der Waals surface area contributed by atoms with E-state index in [1.807, 2.05) is 6.07 Å². The van der Waals surface area contributed by atoms with Gasteiger partial charge in [-0.1, -0.05) is 37.8 Å². The molecule has 1 aromatic carbocycles. The van der Waals surface area contributed by atoms with Gasteiger partial charge in [-0.25, -0.2) is 0 Å². The van der Waals surface area contributed by atoms with Gasteiger partial charge in [0, 0.05) is 0 Å². The largest absolute Gasteiger partial charge is 0.425 e. The Bertz CT molecular complexity index is 434. The van der Waals surface area contributed by atoms with Gasteiger partial charge in [0.25, 0.3) is 0 Å². The van der Waals surface area contributed by atoms with Crippen molar-refractivity contribution in [3.05, 3.63) is 29.3 Å². The van der Waals surface area contributed by atoms with Crippen LogP contribution < -0.4 is 0 Å². The number of alkyl halides is 3. The predicted octanol–water partition coefficient (Wildman–Crippen LogP) is 4.82. The number of benzene rings is 1. The van der Waals surface area contributed by atoms with Crippen molar-refractivity contribution in [2.45, 2.75) is 39.7 Å². The maximum Gasteiger partial charge on any atom is 0.425 e. The third-order valence-corrected chi connectivity index (χ3v) is 4.46. The lowest BCUT2D eigenvalue weighted by atomic mass is 10.1. The van der Waals surface area contributed by atoms with E-state index in [0.717, 1.165) is 11.1 Å². The molecule has 5 heteroatoms. The van der Waals surface area contributed by atoms with Crippen LogP contribution in [0.4, 0.5) is 18.9 Å². The van der Waals surface area contributed by atoms with Crippen LogP contribution in [0.3, 0.4) is 0 Å². The van der Waals surface area contributed by atoms with Gasteiger partial charge in [-0.3, -0.25) is 4.99 Å². The molecule has 0 saturated carbocycles. The molecule has 1 rings (SSSR count). The molecule has 0 aliphatic rings. The fourth-order valence-electron chi connectivity index (χ4n) is 1.75. The number of aliphatic imine (C=N–C) groups is 1. The molecule has 0 saturated heterocycles. The first-order valence-electron chi connectivity index (χ1n) is 5.76. The topological polar surface area (TPSA) is 12.4 Å². The third-order valence-electron chi connectivity index (χ3n) is 2.64. The summed E-state index contributed by atoms with van der Waals surface area (Å²) in [5.41, 5.74) is 2.00. The van der Waals surface area contributed by atoms with E-state index in [9.17, 15) is 13.2 Å². The third kappa shape index (κ3) is 3.45.